The Kier molecular flexibility index (Phi) is 5.34. The minimum absolute atomic E-state index is 0.0162. The minimum Gasteiger partial charge on any atom is -0.370 e. The Morgan fingerprint density at radius 1 is 1.47 bits per heavy atom. The third kappa shape index (κ3) is 5.29. The number of halogens is 3. The van der Waals surface area contributed by atoms with Crippen LogP contribution in [-0.2, 0) is 4.74 Å². The van der Waals surface area contributed by atoms with E-state index in [1.165, 1.54) is 10.8 Å². The zero-order valence-electron chi connectivity index (χ0n) is 10.7. The van der Waals surface area contributed by atoms with Gasteiger partial charge in [-0.05, 0) is 13.8 Å². The normalized spacial score (nSPS) is 11.9. The molecule has 1 aromatic heterocycles. The molecule has 1 rings (SSSR count). The van der Waals surface area contributed by atoms with Crippen LogP contribution in [0.25, 0.3) is 0 Å². The molecule has 0 aliphatic rings. The molecule has 0 aliphatic heterocycles. The van der Waals surface area contributed by atoms with Gasteiger partial charge in [0.2, 0.25) is 0 Å². The first-order valence-corrected chi connectivity index (χ1v) is 5.77. The summed E-state index contributed by atoms with van der Waals surface area (Å²) in [6, 6.07) is -0.0162. The van der Waals surface area contributed by atoms with Crippen LogP contribution in [0.4, 0.5) is 19.0 Å². The predicted molar refractivity (Wildman–Crippen MR) is 64.2 cm³/mol. The van der Waals surface area contributed by atoms with E-state index in [1.54, 1.807) is 6.20 Å². The molecular formula is C11H16F3N3O2. The number of rotatable bonds is 6. The van der Waals surface area contributed by atoms with E-state index in [1.807, 2.05) is 13.8 Å². The summed E-state index contributed by atoms with van der Waals surface area (Å²) in [5, 5.41) is 2.66. The Labute approximate surface area is 108 Å². The molecule has 0 bridgehead atoms. The van der Waals surface area contributed by atoms with Gasteiger partial charge in [-0.1, -0.05) is 0 Å². The molecule has 1 aromatic rings. The van der Waals surface area contributed by atoms with Crippen LogP contribution >= 0.6 is 0 Å². The third-order valence-electron chi connectivity index (χ3n) is 2.23. The fraction of sp³-hybridized carbons (Fsp3) is 0.636. The highest BCUT2D eigenvalue weighted by Crippen LogP contribution is 2.14. The number of nitrogens with one attached hydrogen (secondary N) is 1. The van der Waals surface area contributed by atoms with E-state index in [0.29, 0.717) is 0 Å². The summed E-state index contributed by atoms with van der Waals surface area (Å²) < 4.78 is 41.3. The minimum atomic E-state index is -4.34. The number of hydrogen-bond acceptors (Lipinski definition) is 4. The highest BCUT2D eigenvalue weighted by Gasteiger charge is 2.27. The number of anilines is 1. The molecule has 0 radical (unpaired) electrons. The van der Waals surface area contributed by atoms with Crippen molar-refractivity contribution in [1.82, 2.24) is 9.55 Å². The van der Waals surface area contributed by atoms with Gasteiger partial charge in [-0.25, -0.2) is 4.98 Å². The molecule has 108 valence electrons. The van der Waals surface area contributed by atoms with Crippen LogP contribution in [-0.4, -0.2) is 35.5 Å². The highest BCUT2D eigenvalue weighted by atomic mass is 19.4. The van der Waals surface area contributed by atoms with Crippen molar-refractivity contribution in [3.63, 3.8) is 0 Å². The molecule has 19 heavy (non-hydrogen) atoms. The first kappa shape index (κ1) is 15.5. The molecule has 0 fully saturated rings. The summed E-state index contributed by atoms with van der Waals surface area (Å²) in [6.45, 7) is 2.32. The van der Waals surface area contributed by atoms with Gasteiger partial charge >= 0.3 is 6.18 Å². The zero-order valence-corrected chi connectivity index (χ0v) is 10.7. The Morgan fingerprint density at radius 3 is 2.74 bits per heavy atom. The maximum atomic E-state index is 11.9. The fourth-order valence-corrected chi connectivity index (χ4v) is 1.38. The maximum Gasteiger partial charge on any atom is 0.411 e. The van der Waals surface area contributed by atoms with Gasteiger partial charge in [0.25, 0.3) is 5.56 Å². The number of alkyl halides is 3. The van der Waals surface area contributed by atoms with Crippen LogP contribution in [0.3, 0.4) is 0 Å². The van der Waals surface area contributed by atoms with E-state index in [2.05, 4.69) is 15.0 Å². The van der Waals surface area contributed by atoms with Crippen molar-refractivity contribution >= 4 is 5.82 Å². The van der Waals surface area contributed by atoms with Gasteiger partial charge < -0.3 is 14.6 Å². The SMILES string of the molecule is CC(C)n1ccnc(NCCOCC(F)(F)F)c1=O. The Bertz CT molecular complexity index is 457. The van der Waals surface area contributed by atoms with Crippen LogP contribution in [0.15, 0.2) is 17.2 Å². The van der Waals surface area contributed by atoms with Crippen LogP contribution < -0.4 is 10.9 Å². The van der Waals surface area contributed by atoms with Gasteiger partial charge in [-0.3, -0.25) is 4.79 Å². The monoisotopic (exact) mass is 279 g/mol. The molecule has 0 saturated heterocycles. The average molecular weight is 279 g/mol. The van der Waals surface area contributed by atoms with Crippen LogP contribution in [0.1, 0.15) is 19.9 Å². The van der Waals surface area contributed by atoms with Crippen LogP contribution in [0.2, 0.25) is 0 Å². The Morgan fingerprint density at radius 2 is 2.16 bits per heavy atom. The molecular weight excluding hydrogens is 263 g/mol. The molecule has 5 nitrogen and oxygen atoms in total. The van der Waals surface area contributed by atoms with Gasteiger partial charge in [0, 0.05) is 25.0 Å². The molecule has 1 heterocycles. The second kappa shape index (κ2) is 6.55. The molecule has 0 unspecified atom stereocenters. The summed E-state index contributed by atoms with van der Waals surface area (Å²) in [6.07, 6.45) is -1.33. The quantitative estimate of drug-likeness (QED) is 0.807. The Hall–Kier alpha value is -1.57. The van der Waals surface area contributed by atoms with Crippen molar-refractivity contribution in [2.45, 2.75) is 26.1 Å². The average Bonchev–Trinajstić information content (AvgIpc) is 2.28. The van der Waals surface area contributed by atoms with E-state index in [9.17, 15) is 18.0 Å². The molecule has 0 amide bonds. The summed E-state index contributed by atoms with van der Waals surface area (Å²) >= 11 is 0. The Balaban J connectivity index is 2.46. The third-order valence-corrected chi connectivity index (χ3v) is 2.23. The number of nitrogens with zero attached hydrogens (tertiary/aromatic N) is 2. The van der Waals surface area contributed by atoms with Crippen molar-refractivity contribution in [3.8, 4) is 0 Å². The maximum absolute atomic E-state index is 11.9. The molecule has 1 N–H and O–H groups in total. The van der Waals surface area contributed by atoms with Gasteiger partial charge in [0.15, 0.2) is 5.82 Å². The topological polar surface area (TPSA) is 56.1 Å². The summed E-state index contributed by atoms with van der Waals surface area (Å²) in [5.41, 5.74) is -0.312. The lowest BCUT2D eigenvalue weighted by atomic mass is 10.4. The summed E-state index contributed by atoms with van der Waals surface area (Å²) in [7, 11) is 0. The van der Waals surface area contributed by atoms with E-state index >= 15 is 0 Å². The van der Waals surface area contributed by atoms with Gasteiger partial charge in [-0.2, -0.15) is 13.2 Å². The van der Waals surface area contributed by atoms with E-state index < -0.39 is 12.8 Å². The molecule has 0 aliphatic carbocycles. The number of hydrogen-bond donors (Lipinski definition) is 1. The van der Waals surface area contributed by atoms with Gasteiger partial charge in [0.05, 0.1) is 6.61 Å². The van der Waals surface area contributed by atoms with Crippen molar-refractivity contribution in [2.24, 2.45) is 0 Å². The molecule has 0 aromatic carbocycles. The van der Waals surface area contributed by atoms with E-state index in [0.717, 1.165) is 0 Å². The van der Waals surface area contributed by atoms with Gasteiger partial charge in [-0.15, -0.1) is 0 Å². The van der Waals surface area contributed by atoms with Crippen molar-refractivity contribution in [1.29, 1.82) is 0 Å². The largest absolute Gasteiger partial charge is 0.411 e. The second-order valence-corrected chi connectivity index (χ2v) is 4.18. The molecule has 8 heteroatoms. The lowest BCUT2D eigenvalue weighted by Crippen LogP contribution is -2.27. The second-order valence-electron chi connectivity index (χ2n) is 4.18. The van der Waals surface area contributed by atoms with Crippen LogP contribution in [0.5, 0.6) is 0 Å². The standard InChI is InChI=1S/C11H16F3N3O2/c1-8(2)17-5-3-15-9(10(17)18)16-4-6-19-7-11(12,13)14/h3,5,8H,4,6-7H2,1-2H3,(H,15,16). The summed E-state index contributed by atoms with van der Waals surface area (Å²) in [5.74, 6) is 0.104. The number of aromatic nitrogens is 2. The van der Waals surface area contributed by atoms with Crippen molar-refractivity contribution < 1.29 is 17.9 Å². The fourth-order valence-electron chi connectivity index (χ4n) is 1.38. The first-order valence-electron chi connectivity index (χ1n) is 5.77. The van der Waals surface area contributed by atoms with Crippen LogP contribution in [0, 0.1) is 0 Å². The molecule has 0 spiro atoms. The van der Waals surface area contributed by atoms with E-state index in [4.69, 9.17) is 0 Å². The number of ether oxygens (including phenoxy) is 1. The smallest absolute Gasteiger partial charge is 0.370 e. The van der Waals surface area contributed by atoms with Gasteiger partial charge in [0.1, 0.15) is 6.61 Å². The lowest BCUT2D eigenvalue weighted by Gasteiger charge is -2.12. The first-order chi connectivity index (χ1) is 8.81. The molecule has 0 saturated carbocycles. The van der Waals surface area contributed by atoms with Crippen molar-refractivity contribution in [3.05, 3.63) is 22.7 Å². The zero-order chi connectivity index (χ0) is 14.5. The predicted octanol–water partition coefficient (Wildman–Crippen LogP) is 1.81. The highest BCUT2D eigenvalue weighted by molar-refractivity contribution is 5.30. The lowest BCUT2D eigenvalue weighted by molar-refractivity contribution is -0.172. The molecule has 0 atom stereocenters. The van der Waals surface area contributed by atoms with E-state index in [-0.39, 0.29) is 30.6 Å². The summed E-state index contributed by atoms with van der Waals surface area (Å²) in [4.78, 5) is 15.7. The van der Waals surface area contributed by atoms with Crippen molar-refractivity contribution in [2.75, 3.05) is 25.1 Å².